The molecular formula is C16H13BrO4. The molecule has 1 aliphatic rings. The second-order valence-electron chi connectivity index (χ2n) is 4.98. The van der Waals surface area contributed by atoms with Gasteiger partial charge in [-0.3, -0.25) is 4.79 Å². The number of Topliss-reactive ketones (excluding diaryl/α,β-unsaturated/α-hetero) is 1. The molecule has 0 saturated carbocycles. The van der Waals surface area contributed by atoms with Gasteiger partial charge < -0.3 is 14.9 Å². The predicted molar refractivity (Wildman–Crippen MR) is 81.0 cm³/mol. The predicted octanol–water partition coefficient (Wildman–Crippen LogP) is 3.88. The quantitative estimate of drug-likeness (QED) is 0.820. The van der Waals surface area contributed by atoms with Gasteiger partial charge in [-0.25, -0.2) is 0 Å². The fourth-order valence-corrected chi connectivity index (χ4v) is 3.06. The van der Waals surface area contributed by atoms with Crippen LogP contribution < -0.4 is 4.74 Å². The van der Waals surface area contributed by atoms with Crippen molar-refractivity contribution in [2.75, 3.05) is 0 Å². The first-order valence-electron chi connectivity index (χ1n) is 6.49. The van der Waals surface area contributed by atoms with E-state index in [9.17, 15) is 15.0 Å². The van der Waals surface area contributed by atoms with Gasteiger partial charge in [0.25, 0.3) is 0 Å². The first kappa shape index (κ1) is 13.9. The number of aromatic hydroxyl groups is 2. The normalized spacial score (nSPS) is 17.2. The molecule has 1 heterocycles. The lowest BCUT2D eigenvalue weighted by Gasteiger charge is -2.28. The molecule has 108 valence electrons. The zero-order valence-electron chi connectivity index (χ0n) is 11.3. The van der Waals surface area contributed by atoms with Crippen molar-refractivity contribution < 1.29 is 19.7 Å². The fourth-order valence-electron chi connectivity index (χ4n) is 2.47. The van der Waals surface area contributed by atoms with E-state index in [1.807, 2.05) is 30.3 Å². The minimum Gasteiger partial charge on any atom is -0.507 e. The number of carbonyl (C=O) groups is 1. The summed E-state index contributed by atoms with van der Waals surface area (Å²) in [6, 6.07) is 9.39. The largest absolute Gasteiger partial charge is 0.507 e. The Hall–Kier alpha value is -2.01. The number of halogens is 1. The summed E-state index contributed by atoms with van der Waals surface area (Å²) in [6.07, 6.45) is -0.273. The number of phenols is 2. The molecule has 5 heteroatoms. The number of rotatable bonds is 1. The van der Waals surface area contributed by atoms with E-state index >= 15 is 0 Å². The van der Waals surface area contributed by atoms with Crippen LogP contribution in [-0.4, -0.2) is 16.0 Å². The highest BCUT2D eigenvalue weighted by Crippen LogP contribution is 2.49. The van der Waals surface area contributed by atoms with Crippen molar-refractivity contribution >= 4 is 21.7 Å². The van der Waals surface area contributed by atoms with Gasteiger partial charge in [0, 0.05) is 5.56 Å². The third-order valence-electron chi connectivity index (χ3n) is 3.66. The van der Waals surface area contributed by atoms with Crippen molar-refractivity contribution in [3.8, 4) is 17.2 Å². The number of benzene rings is 2. The molecule has 3 rings (SSSR count). The lowest BCUT2D eigenvalue weighted by Crippen LogP contribution is -2.21. The third-order valence-corrected chi connectivity index (χ3v) is 4.40. The second-order valence-corrected chi connectivity index (χ2v) is 5.78. The van der Waals surface area contributed by atoms with Crippen LogP contribution in [0.4, 0.5) is 0 Å². The van der Waals surface area contributed by atoms with Gasteiger partial charge >= 0.3 is 0 Å². The monoisotopic (exact) mass is 348 g/mol. The number of phenolic OH excluding ortho intramolecular Hbond substituents is 2. The number of fused-ring (bicyclic) bond motifs is 1. The van der Waals surface area contributed by atoms with Gasteiger partial charge in [0.15, 0.2) is 11.5 Å². The maximum atomic E-state index is 12.4. The minimum atomic E-state index is -0.427. The van der Waals surface area contributed by atoms with Crippen molar-refractivity contribution in [1.29, 1.82) is 0 Å². The van der Waals surface area contributed by atoms with Gasteiger partial charge in [-0.1, -0.05) is 30.3 Å². The maximum Gasteiger partial charge on any atom is 0.174 e. The summed E-state index contributed by atoms with van der Waals surface area (Å²) >= 11 is 3.24. The molecule has 0 amide bonds. The molecule has 0 saturated heterocycles. The van der Waals surface area contributed by atoms with Crippen molar-refractivity contribution in [3.63, 3.8) is 0 Å². The summed E-state index contributed by atoms with van der Waals surface area (Å²) in [5.41, 5.74) is 1.27. The van der Waals surface area contributed by atoms with Crippen LogP contribution in [-0.2, 0) is 0 Å². The van der Waals surface area contributed by atoms with Crippen LogP contribution in [0, 0.1) is 6.92 Å². The molecule has 0 aromatic heterocycles. The summed E-state index contributed by atoms with van der Waals surface area (Å²) in [7, 11) is 0. The molecule has 2 aromatic carbocycles. The van der Waals surface area contributed by atoms with Gasteiger partial charge in [-0.2, -0.15) is 0 Å². The van der Waals surface area contributed by atoms with E-state index in [0.717, 1.165) is 5.56 Å². The fraction of sp³-hybridized carbons (Fsp3) is 0.188. The third kappa shape index (κ3) is 2.17. The molecule has 21 heavy (non-hydrogen) atoms. The van der Waals surface area contributed by atoms with Crippen LogP contribution in [0.25, 0.3) is 0 Å². The maximum absolute atomic E-state index is 12.4. The summed E-state index contributed by atoms with van der Waals surface area (Å²) in [4.78, 5) is 12.4. The SMILES string of the molecule is Cc1c(O)c(Br)c2c(c1O)C(=O)C[C@@H](c1ccccc1)O2. The Balaban J connectivity index is 2.13. The summed E-state index contributed by atoms with van der Waals surface area (Å²) in [5.74, 6) is -0.345. The lowest BCUT2D eigenvalue weighted by molar-refractivity contribution is 0.0842. The van der Waals surface area contributed by atoms with Crippen molar-refractivity contribution in [3.05, 3.63) is 51.5 Å². The Morgan fingerprint density at radius 3 is 2.52 bits per heavy atom. The van der Waals surface area contributed by atoms with Gasteiger partial charge in [0.1, 0.15) is 27.6 Å². The minimum absolute atomic E-state index is 0.118. The number of hydrogen-bond donors (Lipinski definition) is 2. The van der Waals surface area contributed by atoms with Crippen LogP contribution in [0.5, 0.6) is 17.2 Å². The number of hydrogen-bond acceptors (Lipinski definition) is 4. The average molecular weight is 349 g/mol. The van der Waals surface area contributed by atoms with Gasteiger partial charge in [-0.05, 0) is 28.4 Å². The molecule has 2 N–H and O–H groups in total. The molecule has 0 bridgehead atoms. The van der Waals surface area contributed by atoms with Crippen molar-refractivity contribution in [2.24, 2.45) is 0 Å². The Labute approximate surface area is 130 Å². The topological polar surface area (TPSA) is 66.8 Å². The van der Waals surface area contributed by atoms with E-state index in [-0.39, 0.29) is 40.6 Å². The Kier molecular flexibility index (Phi) is 3.37. The highest BCUT2D eigenvalue weighted by atomic mass is 79.9. The molecule has 0 aliphatic carbocycles. The Bertz CT molecular complexity index is 725. The van der Waals surface area contributed by atoms with Gasteiger partial charge in [0.05, 0.1) is 6.42 Å². The lowest BCUT2D eigenvalue weighted by atomic mass is 9.94. The molecule has 1 aliphatic heterocycles. The second kappa shape index (κ2) is 5.07. The average Bonchev–Trinajstić information content (AvgIpc) is 2.51. The number of ether oxygens (including phenoxy) is 1. The van der Waals surface area contributed by atoms with E-state index in [1.165, 1.54) is 0 Å². The van der Waals surface area contributed by atoms with E-state index in [1.54, 1.807) is 6.92 Å². The molecule has 4 nitrogen and oxygen atoms in total. The summed E-state index contributed by atoms with van der Waals surface area (Å²) < 4.78 is 6.14. The molecule has 0 fully saturated rings. The van der Waals surface area contributed by atoms with E-state index in [2.05, 4.69) is 15.9 Å². The first-order valence-corrected chi connectivity index (χ1v) is 7.28. The van der Waals surface area contributed by atoms with Crippen LogP contribution in [0.1, 0.15) is 34.0 Å². The van der Waals surface area contributed by atoms with Crippen molar-refractivity contribution in [2.45, 2.75) is 19.4 Å². The summed E-state index contributed by atoms with van der Waals surface area (Å²) in [6.45, 7) is 1.55. The number of carbonyl (C=O) groups excluding carboxylic acids is 1. The van der Waals surface area contributed by atoms with Crippen LogP contribution in [0.15, 0.2) is 34.8 Å². The Morgan fingerprint density at radius 2 is 1.86 bits per heavy atom. The molecule has 1 atom stereocenters. The standard InChI is InChI=1S/C16H13BrO4/c1-8-14(19)12-10(18)7-11(9-5-3-2-4-6-9)21-16(12)13(17)15(8)20/h2-6,11,19-20H,7H2,1H3/t11-/m0/s1. The first-order chi connectivity index (χ1) is 10.0. The van der Waals surface area contributed by atoms with Crippen LogP contribution in [0.3, 0.4) is 0 Å². The summed E-state index contributed by atoms with van der Waals surface area (Å²) in [5, 5.41) is 20.1. The molecule has 2 aromatic rings. The van der Waals surface area contributed by atoms with E-state index in [4.69, 9.17) is 4.74 Å². The van der Waals surface area contributed by atoms with Crippen molar-refractivity contribution in [1.82, 2.24) is 0 Å². The smallest absolute Gasteiger partial charge is 0.174 e. The zero-order valence-corrected chi connectivity index (χ0v) is 12.8. The van der Waals surface area contributed by atoms with Gasteiger partial charge in [-0.15, -0.1) is 0 Å². The van der Waals surface area contributed by atoms with E-state index < -0.39 is 6.10 Å². The van der Waals surface area contributed by atoms with E-state index in [0.29, 0.717) is 4.47 Å². The highest BCUT2D eigenvalue weighted by Gasteiger charge is 2.34. The number of ketones is 1. The molecule has 0 radical (unpaired) electrons. The molecule has 0 spiro atoms. The molecule has 0 unspecified atom stereocenters. The molecular weight excluding hydrogens is 336 g/mol. The zero-order chi connectivity index (χ0) is 15.1. The van der Waals surface area contributed by atoms with Crippen LogP contribution >= 0.6 is 15.9 Å². The highest BCUT2D eigenvalue weighted by molar-refractivity contribution is 9.10. The van der Waals surface area contributed by atoms with Gasteiger partial charge in [0.2, 0.25) is 0 Å². The Morgan fingerprint density at radius 1 is 1.19 bits per heavy atom. The van der Waals surface area contributed by atoms with Crippen LogP contribution in [0.2, 0.25) is 0 Å².